The van der Waals surface area contributed by atoms with E-state index in [9.17, 15) is 4.79 Å². The topological polar surface area (TPSA) is 118 Å². The van der Waals surface area contributed by atoms with E-state index < -0.39 is 13.8 Å². The number of carboxylic acid groups (broad SMARTS) is 1. The summed E-state index contributed by atoms with van der Waals surface area (Å²) in [6, 6.07) is 0. The zero-order valence-electron chi connectivity index (χ0n) is 14.0. The Morgan fingerprint density at radius 2 is 1.14 bits per heavy atom. The van der Waals surface area contributed by atoms with Gasteiger partial charge in [-0.1, -0.05) is 71.1 Å². The summed E-state index contributed by atoms with van der Waals surface area (Å²) in [6.07, 6.45) is 14.4. The van der Waals surface area contributed by atoms with Gasteiger partial charge in [0.25, 0.3) is 7.82 Å². The Bertz CT molecular complexity index is 274. The monoisotopic (exact) mass is 348 g/mol. The van der Waals surface area contributed by atoms with Gasteiger partial charge in [0.15, 0.2) is 0 Å². The van der Waals surface area contributed by atoms with Crippen LogP contribution in [0.5, 0.6) is 0 Å². The molecule has 0 fully saturated rings. The molecule has 0 aromatic carbocycles. The molecular weight excluding hydrogens is 318 g/mol. The summed E-state index contributed by atoms with van der Waals surface area (Å²) in [6.45, 7) is 2.25. The second-order valence-corrected chi connectivity index (χ2v) is 6.15. The van der Waals surface area contributed by atoms with Crippen molar-refractivity contribution < 1.29 is 58.7 Å². The van der Waals surface area contributed by atoms with E-state index >= 15 is 0 Å². The Labute approximate surface area is 156 Å². The third-order valence-electron chi connectivity index (χ3n) is 2.99. The zero-order valence-corrected chi connectivity index (χ0v) is 16.9. The molecule has 0 bridgehead atoms. The Morgan fingerprint density at radius 1 is 0.864 bits per heavy atom. The van der Waals surface area contributed by atoms with Crippen LogP contribution in [0.25, 0.3) is 0 Å². The molecule has 0 radical (unpaired) electrons. The van der Waals surface area contributed by atoms with E-state index in [1.54, 1.807) is 0 Å². The van der Waals surface area contributed by atoms with E-state index in [0.717, 1.165) is 12.8 Å². The number of hydrogen-bond acceptors (Lipinski definition) is 3. The molecule has 0 aromatic heterocycles. The zero-order chi connectivity index (χ0) is 16.6. The van der Waals surface area contributed by atoms with Gasteiger partial charge < -0.3 is 19.8 Å². The molecule has 0 aliphatic rings. The molecular formula is C14H30NaO6P. The van der Waals surface area contributed by atoms with Gasteiger partial charge in [0.1, 0.15) is 0 Å². The average molecular weight is 348 g/mol. The van der Waals surface area contributed by atoms with E-state index in [1.807, 2.05) is 0 Å². The second kappa shape index (κ2) is 19.6. The van der Waals surface area contributed by atoms with Crippen LogP contribution in [0.15, 0.2) is 0 Å². The first-order chi connectivity index (χ1) is 9.77. The number of rotatable bonds is 12. The number of aliphatic carboxylic acids is 1. The van der Waals surface area contributed by atoms with Crippen LogP contribution in [-0.2, 0) is 9.36 Å². The van der Waals surface area contributed by atoms with Crippen molar-refractivity contribution >= 4 is 13.8 Å². The standard InChI is InChI=1S/C14H28O2.Na.H3O4P/c1-2-3-4-5-6-7-8-9-10-11-12-13-14(15)16;;1-5(2,3)4/h2-13H2,1H3,(H,15,16);;(H3,1,2,3,4)/q;+1;/p-1. The van der Waals surface area contributed by atoms with Crippen LogP contribution in [0, 0.1) is 0 Å². The predicted octanol–water partition coefficient (Wildman–Crippen LogP) is 0.216. The van der Waals surface area contributed by atoms with E-state index in [2.05, 4.69) is 6.92 Å². The van der Waals surface area contributed by atoms with Gasteiger partial charge in [0, 0.05) is 6.42 Å². The summed E-state index contributed by atoms with van der Waals surface area (Å²) in [5, 5.41) is 8.46. The van der Waals surface area contributed by atoms with Crippen LogP contribution < -0.4 is 34.5 Å². The smallest absolute Gasteiger partial charge is 0.756 e. The SMILES string of the molecule is CCCCCCCCCCCCCC(=O)O.O=P([O-])(O)O.[Na+]. The van der Waals surface area contributed by atoms with Crippen molar-refractivity contribution in [1.29, 1.82) is 0 Å². The molecule has 0 aliphatic carbocycles. The van der Waals surface area contributed by atoms with E-state index in [4.69, 9.17) is 24.4 Å². The summed E-state index contributed by atoms with van der Waals surface area (Å²) in [5.74, 6) is -0.657. The van der Waals surface area contributed by atoms with Crippen molar-refractivity contribution in [3.8, 4) is 0 Å². The van der Waals surface area contributed by atoms with Gasteiger partial charge in [0.2, 0.25) is 0 Å². The largest absolute Gasteiger partial charge is 1.00 e. The maximum absolute atomic E-state index is 10.3. The minimum Gasteiger partial charge on any atom is -0.756 e. The summed E-state index contributed by atoms with van der Waals surface area (Å²) in [7, 11) is -4.89. The molecule has 0 aliphatic heterocycles. The minimum atomic E-state index is -4.89. The van der Waals surface area contributed by atoms with E-state index in [0.29, 0.717) is 6.42 Å². The molecule has 0 amide bonds. The fourth-order valence-corrected chi connectivity index (χ4v) is 1.94. The van der Waals surface area contributed by atoms with Crippen LogP contribution in [0.3, 0.4) is 0 Å². The van der Waals surface area contributed by atoms with Gasteiger partial charge in [0.05, 0.1) is 0 Å². The Morgan fingerprint density at radius 3 is 1.41 bits per heavy atom. The van der Waals surface area contributed by atoms with Crippen molar-refractivity contribution in [2.75, 3.05) is 0 Å². The minimum absolute atomic E-state index is 0. The first kappa shape index (κ1) is 27.4. The summed E-state index contributed by atoms with van der Waals surface area (Å²) < 4.78 is 8.77. The molecule has 3 N–H and O–H groups in total. The fourth-order valence-electron chi connectivity index (χ4n) is 1.94. The van der Waals surface area contributed by atoms with Gasteiger partial charge in [-0.25, -0.2) is 0 Å². The Hall–Kier alpha value is 0.580. The van der Waals surface area contributed by atoms with Gasteiger partial charge in [-0.3, -0.25) is 9.36 Å². The van der Waals surface area contributed by atoms with Crippen molar-refractivity contribution in [2.24, 2.45) is 0 Å². The molecule has 6 nitrogen and oxygen atoms in total. The fraction of sp³-hybridized carbons (Fsp3) is 0.929. The van der Waals surface area contributed by atoms with Crippen LogP contribution in [0.1, 0.15) is 84.0 Å². The molecule has 0 rings (SSSR count). The van der Waals surface area contributed by atoms with Crippen molar-refractivity contribution in [1.82, 2.24) is 0 Å². The number of phosphoric acid groups is 1. The van der Waals surface area contributed by atoms with E-state index in [-0.39, 0.29) is 29.6 Å². The van der Waals surface area contributed by atoms with Gasteiger partial charge in [-0.05, 0) is 6.42 Å². The van der Waals surface area contributed by atoms with Crippen molar-refractivity contribution in [2.45, 2.75) is 84.0 Å². The molecule has 0 spiro atoms. The quantitative estimate of drug-likeness (QED) is 0.264. The van der Waals surface area contributed by atoms with Gasteiger partial charge >= 0.3 is 35.5 Å². The van der Waals surface area contributed by atoms with Crippen LogP contribution in [0.2, 0.25) is 0 Å². The Kier molecular flexibility index (Phi) is 24.5. The maximum atomic E-state index is 10.3. The summed E-state index contributed by atoms with van der Waals surface area (Å²) in [5.41, 5.74) is 0. The summed E-state index contributed by atoms with van der Waals surface area (Å²) >= 11 is 0. The van der Waals surface area contributed by atoms with Crippen LogP contribution in [0.4, 0.5) is 0 Å². The number of carbonyl (C=O) groups is 1. The molecule has 0 saturated heterocycles. The Balaban J connectivity index is -0.000000520. The van der Waals surface area contributed by atoms with Crippen molar-refractivity contribution in [3.63, 3.8) is 0 Å². The molecule has 8 heteroatoms. The maximum Gasteiger partial charge on any atom is 1.00 e. The number of hydrogen-bond donors (Lipinski definition) is 3. The average Bonchev–Trinajstić information content (AvgIpc) is 2.33. The third kappa shape index (κ3) is 42.8. The predicted molar refractivity (Wildman–Crippen MR) is 80.8 cm³/mol. The number of carboxylic acids is 1. The first-order valence-corrected chi connectivity index (χ1v) is 9.28. The molecule has 128 valence electrons. The molecule has 22 heavy (non-hydrogen) atoms. The second-order valence-electron chi connectivity index (χ2n) is 5.17. The molecule has 0 heterocycles. The summed E-state index contributed by atoms with van der Waals surface area (Å²) in [4.78, 5) is 33.2. The molecule has 0 aromatic rings. The van der Waals surface area contributed by atoms with Gasteiger partial charge in [-0.15, -0.1) is 0 Å². The van der Waals surface area contributed by atoms with Gasteiger partial charge in [-0.2, -0.15) is 0 Å². The molecule has 0 saturated carbocycles. The molecule has 0 atom stereocenters. The molecule has 0 unspecified atom stereocenters. The number of unbranched alkanes of at least 4 members (excludes halogenated alkanes) is 10. The van der Waals surface area contributed by atoms with E-state index in [1.165, 1.54) is 57.8 Å². The van der Waals surface area contributed by atoms with Crippen LogP contribution >= 0.6 is 7.82 Å². The first-order valence-electron chi connectivity index (χ1n) is 7.75. The van der Waals surface area contributed by atoms with Crippen LogP contribution in [-0.4, -0.2) is 20.9 Å². The third-order valence-corrected chi connectivity index (χ3v) is 2.99. The normalized spacial score (nSPS) is 10.4. The van der Waals surface area contributed by atoms with Crippen molar-refractivity contribution in [3.05, 3.63) is 0 Å².